The van der Waals surface area contributed by atoms with E-state index in [2.05, 4.69) is 0 Å². The summed E-state index contributed by atoms with van der Waals surface area (Å²) in [6.07, 6.45) is 1.33. The highest BCUT2D eigenvalue weighted by atomic mass is 19.3. The molecule has 0 aromatic rings. The summed E-state index contributed by atoms with van der Waals surface area (Å²) in [5.74, 6) is -0.943. The molecule has 1 nitrogen and oxygen atoms in total. The molecule has 64 valence electrons. The van der Waals surface area contributed by atoms with E-state index in [1.165, 1.54) is 0 Å². The maximum Gasteiger partial charge on any atom is 0.248 e. The third-order valence-electron chi connectivity index (χ3n) is 3.01. The fraction of sp³-hybridized carbons (Fsp3) is 1.00. The number of nitrogens with two attached hydrogens (primary N) is 1. The molecule has 0 radical (unpaired) electrons. The van der Waals surface area contributed by atoms with E-state index in [4.69, 9.17) is 5.73 Å². The minimum Gasteiger partial charge on any atom is -0.330 e. The molecule has 3 heteroatoms. The van der Waals surface area contributed by atoms with Gasteiger partial charge in [0.25, 0.3) is 0 Å². The van der Waals surface area contributed by atoms with Crippen LogP contribution in [-0.4, -0.2) is 12.5 Å². The summed E-state index contributed by atoms with van der Waals surface area (Å²) in [5.41, 5.74) is 5.42. The highest BCUT2D eigenvalue weighted by molar-refractivity contribution is 5.00. The van der Waals surface area contributed by atoms with Gasteiger partial charge in [-0.05, 0) is 30.7 Å². The zero-order valence-electron chi connectivity index (χ0n) is 6.39. The lowest BCUT2D eigenvalue weighted by Gasteiger charge is -2.35. The molecular formula is C8H13F2N. The summed E-state index contributed by atoms with van der Waals surface area (Å²) < 4.78 is 24.8. The molecule has 0 aromatic carbocycles. The van der Waals surface area contributed by atoms with Gasteiger partial charge in [0.15, 0.2) is 0 Å². The second-order valence-corrected chi connectivity index (χ2v) is 3.92. The van der Waals surface area contributed by atoms with Crippen molar-refractivity contribution in [1.29, 1.82) is 0 Å². The van der Waals surface area contributed by atoms with Crippen molar-refractivity contribution >= 4 is 0 Å². The summed E-state index contributed by atoms with van der Waals surface area (Å²) >= 11 is 0. The first-order valence-corrected chi connectivity index (χ1v) is 4.20. The standard InChI is InChI=1S/C8H13F2N/c9-8(10)2-6(3-8)7-1-5(7)4-11/h5-7H,1-4,11H2. The molecule has 0 saturated heterocycles. The molecule has 2 atom stereocenters. The van der Waals surface area contributed by atoms with Gasteiger partial charge < -0.3 is 5.73 Å². The van der Waals surface area contributed by atoms with Gasteiger partial charge in [0, 0.05) is 12.8 Å². The van der Waals surface area contributed by atoms with Crippen LogP contribution in [0.3, 0.4) is 0 Å². The van der Waals surface area contributed by atoms with E-state index < -0.39 is 5.92 Å². The van der Waals surface area contributed by atoms with Crippen molar-refractivity contribution in [2.75, 3.05) is 6.54 Å². The maximum absolute atomic E-state index is 12.4. The average molecular weight is 161 g/mol. The Morgan fingerprint density at radius 1 is 1.36 bits per heavy atom. The number of rotatable bonds is 2. The van der Waals surface area contributed by atoms with Crippen LogP contribution < -0.4 is 5.73 Å². The quantitative estimate of drug-likeness (QED) is 0.654. The van der Waals surface area contributed by atoms with Crippen molar-refractivity contribution in [2.45, 2.75) is 25.2 Å². The molecule has 2 N–H and O–H groups in total. The van der Waals surface area contributed by atoms with E-state index in [0.29, 0.717) is 24.3 Å². The van der Waals surface area contributed by atoms with Crippen LogP contribution in [-0.2, 0) is 0 Å². The Labute approximate surface area is 65.0 Å². The molecule has 2 aliphatic rings. The first kappa shape index (κ1) is 7.47. The molecule has 0 bridgehead atoms. The number of alkyl halides is 2. The molecule has 0 heterocycles. The Bertz CT molecular complexity index is 161. The molecule has 2 saturated carbocycles. The van der Waals surface area contributed by atoms with Crippen LogP contribution in [0.2, 0.25) is 0 Å². The molecule has 11 heavy (non-hydrogen) atoms. The summed E-state index contributed by atoms with van der Waals surface area (Å²) in [5, 5.41) is 0. The molecule has 2 rings (SSSR count). The summed E-state index contributed by atoms with van der Waals surface area (Å²) in [7, 11) is 0. The molecule has 0 aliphatic heterocycles. The minimum atomic E-state index is -2.34. The average Bonchev–Trinajstić information content (AvgIpc) is 2.60. The molecule has 2 unspecified atom stereocenters. The predicted molar refractivity (Wildman–Crippen MR) is 38.3 cm³/mol. The largest absolute Gasteiger partial charge is 0.330 e. The van der Waals surface area contributed by atoms with E-state index >= 15 is 0 Å². The van der Waals surface area contributed by atoms with Gasteiger partial charge >= 0.3 is 0 Å². The SMILES string of the molecule is NCC1CC1C1CC(F)(F)C1. The Morgan fingerprint density at radius 3 is 2.36 bits per heavy atom. The Kier molecular flexibility index (Phi) is 1.46. The van der Waals surface area contributed by atoms with Crippen molar-refractivity contribution < 1.29 is 8.78 Å². The minimum absolute atomic E-state index is 0.119. The topological polar surface area (TPSA) is 26.0 Å². The number of hydrogen-bond donors (Lipinski definition) is 1. The van der Waals surface area contributed by atoms with Crippen molar-refractivity contribution in [2.24, 2.45) is 23.5 Å². The lowest BCUT2D eigenvalue weighted by molar-refractivity contribution is -0.117. The predicted octanol–water partition coefficient (Wildman–Crippen LogP) is 1.63. The van der Waals surface area contributed by atoms with E-state index in [1.807, 2.05) is 0 Å². The van der Waals surface area contributed by atoms with Gasteiger partial charge in [0.2, 0.25) is 5.92 Å². The Hall–Kier alpha value is -0.180. The van der Waals surface area contributed by atoms with Gasteiger partial charge in [-0.2, -0.15) is 0 Å². The fourth-order valence-electron chi connectivity index (χ4n) is 2.13. The van der Waals surface area contributed by atoms with Crippen LogP contribution in [0.1, 0.15) is 19.3 Å². The smallest absolute Gasteiger partial charge is 0.248 e. The first-order chi connectivity index (χ1) is 5.12. The third-order valence-corrected chi connectivity index (χ3v) is 3.01. The zero-order chi connectivity index (χ0) is 8.06. The Balaban J connectivity index is 1.76. The molecule has 0 amide bonds. The van der Waals surface area contributed by atoms with Crippen LogP contribution >= 0.6 is 0 Å². The molecule has 0 spiro atoms. The fourth-order valence-corrected chi connectivity index (χ4v) is 2.13. The van der Waals surface area contributed by atoms with Crippen LogP contribution in [0.4, 0.5) is 8.78 Å². The van der Waals surface area contributed by atoms with Gasteiger partial charge in [-0.25, -0.2) is 8.78 Å². The normalized spacial score (nSPS) is 41.7. The van der Waals surface area contributed by atoms with Crippen LogP contribution in [0.25, 0.3) is 0 Å². The second kappa shape index (κ2) is 2.16. The van der Waals surface area contributed by atoms with Crippen molar-refractivity contribution in [1.82, 2.24) is 0 Å². The van der Waals surface area contributed by atoms with Crippen LogP contribution in [0.5, 0.6) is 0 Å². The van der Waals surface area contributed by atoms with Gasteiger partial charge in [0.1, 0.15) is 0 Å². The van der Waals surface area contributed by atoms with Gasteiger partial charge in [-0.15, -0.1) is 0 Å². The van der Waals surface area contributed by atoms with Gasteiger partial charge in [-0.3, -0.25) is 0 Å². The zero-order valence-corrected chi connectivity index (χ0v) is 6.39. The molecular weight excluding hydrogens is 148 g/mol. The maximum atomic E-state index is 12.4. The summed E-state index contributed by atoms with van der Waals surface area (Å²) in [6.45, 7) is 0.687. The monoisotopic (exact) mass is 161 g/mol. The van der Waals surface area contributed by atoms with E-state index in [9.17, 15) is 8.78 Å². The highest BCUT2D eigenvalue weighted by Crippen LogP contribution is 2.56. The first-order valence-electron chi connectivity index (χ1n) is 4.20. The van der Waals surface area contributed by atoms with Gasteiger partial charge in [-0.1, -0.05) is 0 Å². The molecule has 2 aliphatic carbocycles. The van der Waals surface area contributed by atoms with E-state index in [-0.39, 0.29) is 12.8 Å². The van der Waals surface area contributed by atoms with Crippen molar-refractivity contribution in [3.63, 3.8) is 0 Å². The molecule has 2 fully saturated rings. The number of halogens is 2. The highest BCUT2D eigenvalue weighted by Gasteiger charge is 2.54. The van der Waals surface area contributed by atoms with Crippen LogP contribution in [0.15, 0.2) is 0 Å². The lowest BCUT2D eigenvalue weighted by Crippen LogP contribution is -2.37. The van der Waals surface area contributed by atoms with E-state index in [1.54, 1.807) is 0 Å². The lowest BCUT2D eigenvalue weighted by atomic mass is 9.77. The Morgan fingerprint density at radius 2 is 2.00 bits per heavy atom. The summed E-state index contributed by atoms with van der Waals surface area (Å²) in [4.78, 5) is 0. The third kappa shape index (κ3) is 1.26. The summed E-state index contributed by atoms with van der Waals surface area (Å²) in [6, 6.07) is 0. The molecule has 0 aromatic heterocycles. The van der Waals surface area contributed by atoms with E-state index in [0.717, 1.165) is 6.42 Å². The second-order valence-electron chi connectivity index (χ2n) is 3.92. The van der Waals surface area contributed by atoms with Gasteiger partial charge in [0.05, 0.1) is 0 Å². The van der Waals surface area contributed by atoms with Crippen molar-refractivity contribution in [3.8, 4) is 0 Å². The van der Waals surface area contributed by atoms with Crippen molar-refractivity contribution in [3.05, 3.63) is 0 Å². The van der Waals surface area contributed by atoms with Crippen LogP contribution in [0, 0.1) is 17.8 Å². The number of hydrogen-bond acceptors (Lipinski definition) is 1.